The van der Waals surface area contributed by atoms with Crippen LogP contribution in [0.1, 0.15) is 48.5 Å². The van der Waals surface area contributed by atoms with Crippen molar-refractivity contribution in [1.29, 1.82) is 0 Å². The van der Waals surface area contributed by atoms with Crippen LogP contribution in [0.2, 0.25) is 5.02 Å². The van der Waals surface area contributed by atoms with Gasteiger partial charge in [-0.3, -0.25) is 15.1 Å². The summed E-state index contributed by atoms with van der Waals surface area (Å²) in [5, 5.41) is 20.3. The van der Waals surface area contributed by atoms with E-state index in [-0.39, 0.29) is 46.9 Å². The molecule has 3 N–H and O–H groups in total. The minimum absolute atomic E-state index is 0.0286. The summed E-state index contributed by atoms with van der Waals surface area (Å²) in [4.78, 5) is 32.3. The van der Waals surface area contributed by atoms with E-state index in [0.29, 0.717) is 12.1 Å². The van der Waals surface area contributed by atoms with Crippen molar-refractivity contribution in [2.75, 3.05) is 26.3 Å². The highest BCUT2D eigenvalue weighted by molar-refractivity contribution is 6.34. The van der Waals surface area contributed by atoms with Crippen molar-refractivity contribution in [3.63, 3.8) is 0 Å². The minimum Gasteiger partial charge on any atom is -0.507 e. The van der Waals surface area contributed by atoms with Gasteiger partial charge in [0.25, 0.3) is 5.91 Å². The van der Waals surface area contributed by atoms with Crippen molar-refractivity contribution < 1.29 is 29.4 Å². The maximum Gasteiger partial charge on any atom is 0.342 e. The first-order chi connectivity index (χ1) is 15.9. The zero-order valence-corrected chi connectivity index (χ0v) is 19.3. The SMILES string of the molecule is CC1C=CCOC(=O)c2c(O)cc(O)c(Cl)c2/C=C(\NOCC(=O)N2CCCCC2)C=CC1. The number of hydroxylamine groups is 1. The zero-order valence-electron chi connectivity index (χ0n) is 18.6. The maximum absolute atomic E-state index is 12.7. The summed E-state index contributed by atoms with van der Waals surface area (Å²) in [6.07, 6.45) is 12.5. The minimum atomic E-state index is -0.790. The molecule has 1 amide bonds. The number of amides is 1. The summed E-state index contributed by atoms with van der Waals surface area (Å²) in [7, 11) is 0. The molecule has 9 heteroatoms. The van der Waals surface area contributed by atoms with Gasteiger partial charge in [-0.1, -0.05) is 36.8 Å². The number of fused-ring (bicyclic) bond motifs is 1. The molecule has 8 nitrogen and oxygen atoms in total. The van der Waals surface area contributed by atoms with E-state index in [1.807, 2.05) is 19.1 Å². The molecule has 1 fully saturated rings. The van der Waals surface area contributed by atoms with Crippen molar-refractivity contribution >= 4 is 29.6 Å². The van der Waals surface area contributed by atoms with Crippen LogP contribution in [0, 0.1) is 5.92 Å². The topological polar surface area (TPSA) is 108 Å². The summed E-state index contributed by atoms with van der Waals surface area (Å²) >= 11 is 6.27. The smallest absolute Gasteiger partial charge is 0.342 e. The number of phenols is 2. The number of aromatic hydroxyl groups is 2. The van der Waals surface area contributed by atoms with E-state index >= 15 is 0 Å². The fourth-order valence-corrected chi connectivity index (χ4v) is 3.86. The summed E-state index contributed by atoms with van der Waals surface area (Å²) in [6.45, 7) is 3.32. The lowest BCUT2D eigenvalue weighted by molar-refractivity contribution is -0.139. The van der Waals surface area contributed by atoms with E-state index in [9.17, 15) is 19.8 Å². The van der Waals surface area contributed by atoms with Crippen LogP contribution < -0.4 is 5.48 Å². The molecule has 1 atom stereocenters. The molecular weight excluding hydrogens is 448 g/mol. The van der Waals surface area contributed by atoms with Gasteiger partial charge >= 0.3 is 5.97 Å². The Hall–Kier alpha value is -2.97. The molecule has 3 rings (SSSR count). The molecule has 1 aromatic carbocycles. The van der Waals surface area contributed by atoms with Gasteiger partial charge in [-0.05, 0) is 43.8 Å². The first-order valence-electron chi connectivity index (χ1n) is 11.0. The van der Waals surface area contributed by atoms with Gasteiger partial charge in [0.15, 0.2) is 6.61 Å². The molecule has 178 valence electrons. The lowest BCUT2D eigenvalue weighted by atomic mass is 10.0. The number of carbonyl (C=O) groups is 2. The van der Waals surface area contributed by atoms with Crippen LogP contribution in [0.4, 0.5) is 0 Å². The predicted molar refractivity (Wildman–Crippen MR) is 125 cm³/mol. The molecule has 0 bridgehead atoms. The molecule has 2 aliphatic rings. The molecule has 1 saturated heterocycles. The molecular formula is C24H29ClN2O6. The number of piperidine rings is 1. The number of allylic oxidation sites excluding steroid dienone is 3. The number of cyclic esters (lactones) is 1. The zero-order chi connectivity index (χ0) is 23.8. The van der Waals surface area contributed by atoms with Gasteiger partial charge in [0, 0.05) is 24.7 Å². The third kappa shape index (κ3) is 6.76. The summed E-state index contributed by atoms with van der Waals surface area (Å²) in [6, 6.07) is 0.989. The Morgan fingerprint density at radius 1 is 1.24 bits per heavy atom. The molecule has 1 unspecified atom stereocenters. The van der Waals surface area contributed by atoms with Gasteiger partial charge in [-0.2, -0.15) is 0 Å². The number of hydrogen-bond acceptors (Lipinski definition) is 7. The third-order valence-corrected chi connectivity index (χ3v) is 5.84. The van der Waals surface area contributed by atoms with Crippen molar-refractivity contribution in [2.45, 2.75) is 32.6 Å². The lowest BCUT2D eigenvalue weighted by Crippen LogP contribution is -2.39. The van der Waals surface area contributed by atoms with E-state index in [4.69, 9.17) is 21.2 Å². The van der Waals surface area contributed by atoms with Crippen LogP contribution in [0.15, 0.2) is 36.1 Å². The Balaban J connectivity index is 1.88. The van der Waals surface area contributed by atoms with Crippen molar-refractivity contribution in [3.05, 3.63) is 52.2 Å². The number of carbonyl (C=O) groups excluding carboxylic acids is 2. The number of esters is 1. The third-order valence-electron chi connectivity index (χ3n) is 5.44. The first-order valence-corrected chi connectivity index (χ1v) is 11.4. The van der Waals surface area contributed by atoms with E-state index in [2.05, 4.69) is 5.48 Å². The summed E-state index contributed by atoms with van der Waals surface area (Å²) in [5.41, 5.74) is 2.98. The Morgan fingerprint density at radius 2 is 2.00 bits per heavy atom. The van der Waals surface area contributed by atoms with Crippen LogP contribution in [0.3, 0.4) is 0 Å². The highest BCUT2D eigenvalue weighted by Crippen LogP contribution is 2.38. The second kappa shape index (κ2) is 11.8. The fourth-order valence-electron chi connectivity index (χ4n) is 3.66. The second-order valence-corrected chi connectivity index (χ2v) is 8.47. The number of nitrogens with one attached hydrogen (secondary N) is 1. The monoisotopic (exact) mass is 476 g/mol. The molecule has 0 saturated carbocycles. The summed E-state index contributed by atoms with van der Waals surface area (Å²) < 4.78 is 5.24. The number of ether oxygens (including phenoxy) is 1. The number of likely N-dealkylation sites (tertiary alicyclic amines) is 1. The molecule has 33 heavy (non-hydrogen) atoms. The van der Waals surface area contributed by atoms with Crippen LogP contribution in [0.25, 0.3) is 6.08 Å². The number of hydrogen-bond donors (Lipinski definition) is 3. The number of halogens is 1. The van der Waals surface area contributed by atoms with Crippen LogP contribution in [0.5, 0.6) is 11.5 Å². The van der Waals surface area contributed by atoms with Gasteiger partial charge in [0.05, 0.1) is 10.7 Å². The number of phenolic OH excluding ortho intramolecular Hbond substituents is 2. The van der Waals surface area contributed by atoms with E-state index in [1.165, 1.54) is 6.08 Å². The van der Waals surface area contributed by atoms with Crippen LogP contribution in [-0.2, 0) is 14.4 Å². The molecule has 0 aromatic heterocycles. The summed E-state index contributed by atoms with van der Waals surface area (Å²) in [5.74, 6) is -1.58. The van der Waals surface area contributed by atoms with Crippen LogP contribution in [-0.4, -0.2) is 53.3 Å². The Kier molecular flexibility index (Phi) is 8.79. The largest absolute Gasteiger partial charge is 0.507 e. The Labute approximate surface area is 198 Å². The standard InChI is InChI=1S/C24H29ClN2O6/c1-16-7-5-9-17(26-33-15-21(30)27-10-3-2-4-11-27)13-18-22(24(31)32-12-6-8-16)19(28)14-20(29)23(18)25/h5-6,8-9,13-14,16,26,28-29H,2-4,7,10-12,15H2,1H3/b8-6?,9-5?,17-13-. The molecule has 2 aliphatic heterocycles. The Morgan fingerprint density at radius 3 is 2.76 bits per heavy atom. The van der Waals surface area contributed by atoms with Gasteiger partial charge in [0.2, 0.25) is 0 Å². The molecule has 0 radical (unpaired) electrons. The predicted octanol–water partition coefficient (Wildman–Crippen LogP) is 3.93. The molecule has 2 heterocycles. The molecule has 1 aromatic rings. The van der Waals surface area contributed by atoms with Gasteiger partial charge in [-0.25, -0.2) is 4.79 Å². The van der Waals surface area contributed by atoms with Gasteiger partial charge in [-0.15, -0.1) is 0 Å². The average molecular weight is 477 g/mol. The van der Waals surface area contributed by atoms with E-state index in [1.54, 1.807) is 17.1 Å². The van der Waals surface area contributed by atoms with E-state index in [0.717, 1.165) is 38.4 Å². The molecule has 0 spiro atoms. The van der Waals surface area contributed by atoms with Gasteiger partial charge < -0.3 is 19.8 Å². The Bertz CT molecular complexity index is 966. The highest BCUT2D eigenvalue weighted by atomic mass is 35.5. The van der Waals surface area contributed by atoms with Crippen LogP contribution >= 0.6 is 11.6 Å². The number of rotatable bonds is 4. The highest BCUT2D eigenvalue weighted by Gasteiger charge is 2.23. The number of nitrogens with zero attached hydrogens (tertiary/aromatic N) is 1. The molecule has 0 aliphatic carbocycles. The van der Waals surface area contributed by atoms with Gasteiger partial charge in [0.1, 0.15) is 23.7 Å². The number of benzene rings is 1. The average Bonchev–Trinajstić information content (AvgIpc) is 2.80. The van der Waals surface area contributed by atoms with Crippen molar-refractivity contribution in [3.8, 4) is 11.5 Å². The lowest BCUT2D eigenvalue weighted by Gasteiger charge is -2.26. The quantitative estimate of drug-likeness (QED) is 0.343. The maximum atomic E-state index is 12.7. The van der Waals surface area contributed by atoms with E-state index < -0.39 is 11.7 Å². The second-order valence-electron chi connectivity index (χ2n) is 8.09. The fraction of sp³-hybridized carbons (Fsp3) is 0.417. The van der Waals surface area contributed by atoms with Crippen molar-refractivity contribution in [2.24, 2.45) is 5.92 Å². The first kappa shape index (κ1) is 24.7. The normalized spacial score (nSPS) is 21.0. The van der Waals surface area contributed by atoms with Crippen molar-refractivity contribution in [1.82, 2.24) is 10.4 Å².